The number of benzene rings is 1. The number of aryl methyl sites for hydroxylation is 1. The molecule has 1 aliphatic heterocycles. The zero-order chi connectivity index (χ0) is 13.9. The molecule has 0 N–H and O–H groups in total. The van der Waals surface area contributed by atoms with Gasteiger partial charge in [-0.25, -0.2) is 9.97 Å². The number of piperazine rings is 1. The lowest BCUT2D eigenvalue weighted by molar-refractivity contribution is 0.220. The summed E-state index contributed by atoms with van der Waals surface area (Å²) in [4.78, 5) is 13.6. The summed E-state index contributed by atoms with van der Waals surface area (Å²) in [6.07, 6.45) is 1.84. The molecule has 1 aromatic heterocycles. The fourth-order valence-electron chi connectivity index (χ4n) is 2.68. The first-order valence-corrected chi connectivity index (χ1v) is 7.04. The molecular formula is C16H20N4. The summed E-state index contributed by atoms with van der Waals surface area (Å²) in [5, 5.41) is 0. The Labute approximate surface area is 120 Å². The van der Waals surface area contributed by atoms with Crippen LogP contribution in [0, 0.1) is 6.92 Å². The van der Waals surface area contributed by atoms with Gasteiger partial charge in [0.05, 0.1) is 6.04 Å². The molecule has 1 unspecified atom stereocenters. The maximum absolute atomic E-state index is 4.55. The van der Waals surface area contributed by atoms with Gasteiger partial charge in [0.1, 0.15) is 0 Å². The molecule has 1 saturated heterocycles. The molecular weight excluding hydrogens is 248 g/mol. The largest absolute Gasteiger partial charge is 0.338 e. The lowest BCUT2D eigenvalue weighted by atomic mass is 10.0. The van der Waals surface area contributed by atoms with E-state index in [1.807, 2.05) is 19.2 Å². The van der Waals surface area contributed by atoms with Gasteiger partial charge in [-0.15, -0.1) is 0 Å². The van der Waals surface area contributed by atoms with Crippen LogP contribution >= 0.6 is 0 Å². The Morgan fingerprint density at radius 1 is 1.10 bits per heavy atom. The summed E-state index contributed by atoms with van der Waals surface area (Å²) < 4.78 is 0. The van der Waals surface area contributed by atoms with E-state index in [1.54, 1.807) is 0 Å². The highest BCUT2D eigenvalue weighted by Gasteiger charge is 2.26. The molecule has 0 bridgehead atoms. The molecule has 3 rings (SSSR count). The van der Waals surface area contributed by atoms with Crippen LogP contribution in [0.3, 0.4) is 0 Å². The molecule has 4 nitrogen and oxygen atoms in total. The summed E-state index contributed by atoms with van der Waals surface area (Å²) >= 11 is 0. The van der Waals surface area contributed by atoms with Crippen molar-refractivity contribution >= 4 is 5.95 Å². The monoisotopic (exact) mass is 268 g/mol. The van der Waals surface area contributed by atoms with Crippen LogP contribution in [0.2, 0.25) is 0 Å². The number of hydrogen-bond donors (Lipinski definition) is 0. The second-order valence-electron chi connectivity index (χ2n) is 5.35. The molecule has 0 radical (unpaired) electrons. The van der Waals surface area contributed by atoms with Crippen molar-refractivity contribution in [2.45, 2.75) is 13.0 Å². The van der Waals surface area contributed by atoms with Crippen molar-refractivity contribution in [2.75, 3.05) is 31.6 Å². The third kappa shape index (κ3) is 2.65. The van der Waals surface area contributed by atoms with Crippen molar-refractivity contribution in [3.8, 4) is 0 Å². The third-order valence-corrected chi connectivity index (χ3v) is 3.90. The van der Waals surface area contributed by atoms with Crippen LogP contribution in [0.15, 0.2) is 42.6 Å². The van der Waals surface area contributed by atoms with Crippen molar-refractivity contribution in [3.05, 3.63) is 53.9 Å². The van der Waals surface area contributed by atoms with Gasteiger partial charge in [-0.05, 0) is 25.6 Å². The first-order chi connectivity index (χ1) is 9.74. The van der Waals surface area contributed by atoms with Crippen molar-refractivity contribution in [1.82, 2.24) is 14.9 Å². The van der Waals surface area contributed by atoms with Gasteiger partial charge in [-0.2, -0.15) is 0 Å². The fraction of sp³-hybridized carbons (Fsp3) is 0.375. The van der Waals surface area contributed by atoms with E-state index in [-0.39, 0.29) is 0 Å². The Bertz CT molecular complexity index is 570. The molecule has 1 aliphatic rings. The number of nitrogens with zero attached hydrogens (tertiary/aromatic N) is 4. The topological polar surface area (TPSA) is 32.3 Å². The second kappa shape index (κ2) is 5.59. The quantitative estimate of drug-likeness (QED) is 0.836. The van der Waals surface area contributed by atoms with E-state index in [1.165, 1.54) is 5.56 Å². The minimum Gasteiger partial charge on any atom is -0.338 e. The van der Waals surface area contributed by atoms with Crippen LogP contribution in [0.1, 0.15) is 17.3 Å². The van der Waals surface area contributed by atoms with Gasteiger partial charge in [0, 0.05) is 31.5 Å². The van der Waals surface area contributed by atoms with E-state index < -0.39 is 0 Å². The average molecular weight is 268 g/mol. The van der Waals surface area contributed by atoms with E-state index in [4.69, 9.17) is 0 Å². The lowest BCUT2D eigenvalue weighted by Gasteiger charge is -2.39. The van der Waals surface area contributed by atoms with Gasteiger partial charge < -0.3 is 4.90 Å². The fourth-order valence-corrected chi connectivity index (χ4v) is 2.68. The van der Waals surface area contributed by atoms with Crippen LogP contribution in [-0.4, -0.2) is 41.5 Å². The normalized spacial score (nSPS) is 20.1. The van der Waals surface area contributed by atoms with Crippen LogP contribution < -0.4 is 4.90 Å². The Balaban J connectivity index is 1.83. The summed E-state index contributed by atoms with van der Waals surface area (Å²) in [5.41, 5.74) is 2.37. The Morgan fingerprint density at radius 2 is 1.90 bits per heavy atom. The van der Waals surface area contributed by atoms with Gasteiger partial charge >= 0.3 is 0 Å². The lowest BCUT2D eigenvalue weighted by Crippen LogP contribution is -2.47. The van der Waals surface area contributed by atoms with E-state index in [0.29, 0.717) is 6.04 Å². The predicted molar refractivity (Wildman–Crippen MR) is 80.8 cm³/mol. The van der Waals surface area contributed by atoms with Gasteiger partial charge in [-0.1, -0.05) is 30.3 Å². The van der Waals surface area contributed by atoms with Crippen molar-refractivity contribution < 1.29 is 0 Å². The zero-order valence-corrected chi connectivity index (χ0v) is 12.0. The van der Waals surface area contributed by atoms with Gasteiger partial charge in [0.2, 0.25) is 5.95 Å². The maximum atomic E-state index is 4.55. The predicted octanol–water partition coefficient (Wildman–Crippen LogP) is 2.28. The highest BCUT2D eigenvalue weighted by molar-refractivity contribution is 5.33. The van der Waals surface area contributed by atoms with E-state index in [2.05, 4.69) is 57.1 Å². The Hall–Kier alpha value is -1.94. The van der Waals surface area contributed by atoms with Crippen molar-refractivity contribution in [2.24, 2.45) is 0 Å². The molecule has 1 aromatic carbocycles. The molecule has 1 fully saturated rings. The van der Waals surface area contributed by atoms with Crippen LogP contribution in [-0.2, 0) is 0 Å². The molecule has 2 aromatic rings. The van der Waals surface area contributed by atoms with Crippen molar-refractivity contribution in [3.63, 3.8) is 0 Å². The number of anilines is 1. The number of likely N-dealkylation sites (N-methyl/N-ethyl adjacent to an activating group) is 1. The van der Waals surface area contributed by atoms with Crippen LogP contribution in [0.4, 0.5) is 5.95 Å². The summed E-state index contributed by atoms with van der Waals surface area (Å²) in [6, 6.07) is 13.0. The highest BCUT2D eigenvalue weighted by Crippen LogP contribution is 2.25. The number of hydrogen-bond acceptors (Lipinski definition) is 4. The highest BCUT2D eigenvalue weighted by atomic mass is 15.3. The first-order valence-electron chi connectivity index (χ1n) is 7.04. The Morgan fingerprint density at radius 3 is 2.65 bits per heavy atom. The molecule has 20 heavy (non-hydrogen) atoms. The smallest absolute Gasteiger partial charge is 0.225 e. The number of aromatic nitrogens is 2. The minimum atomic E-state index is 0.397. The molecule has 0 spiro atoms. The van der Waals surface area contributed by atoms with Gasteiger partial charge in [0.15, 0.2) is 0 Å². The van der Waals surface area contributed by atoms with Crippen LogP contribution in [0.25, 0.3) is 0 Å². The second-order valence-corrected chi connectivity index (χ2v) is 5.35. The first kappa shape index (κ1) is 13.1. The van der Waals surface area contributed by atoms with Crippen molar-refractivity contribution in [1.29, 1.82) is 0 Å². The molecule has 4 heteroatoms. The Kier molecular flexibility index (Phi) is 3.65. The molecule has 0 aliphatic carbocycles. The van der Waals surface area contributed by atoms with E-state index in [9.17, 15) is 0 Å². The van der Waals surface area contributed by atoms with E-state index >= 15 is 0 Å². The summed E-state index contributed by atoms with van der Waals surface area (Å²) in [6.45, 7) is 4.94. The molecule has 0 amide bonds. The zero-order valence-electron chi connectivity index (χ0n) is 12.0. The van der Waals surface area contributed by atoms with Gasteiger partial charge in [-0.3, -0.25) is 4.90 Å². The molecule has 2 heterocycles. The summed E-state index contributed by atoms with van der Waals surface area (Å²) in [5.74, 6) is 0.846. The number of rotatable bonds is 2. The van der Waals surface area contributed by atoms with Gasteiger partial charge in [0.25, 0.3) is 0 Å². The van der Waals surface area contributed by atoms with Crippen LogP contribution in [0.5, 0.6) is 0 Å². The third-order valence-electron chi connectivity index (χ3n) is 3.90. The van der Waals surface area contributed by atoms with E-state index in [0.717, 1.165) is 31.3 Å². The molecule has 0 saturated carbocycles. The average Bonchev–Trinajstić information content (AvgIpc) is 2.48. The SMILES string of the molecule is Cc1ccnc(N2CCN(C)C(c3ccccc3)C2)n1. The summed E-state index contributed by atoms with van der Waals surface area (Å²) in [7, 11) is 2.19. The molecule has 1 atom stereocenters. The maximum Gasteiger partial charge on any atom is 0.225 e. The minimum absolute atomic E-state index is 0.397. The molecule has 104 valence electrons. The standard InChI is InChI=1S/C16H20N4/c1-13-8-9-17-16(18-13)20-11-10-19(2)15(12-20)14-6-4-3-5-7-14/h3-9,15H,10-12H2,1-2H3.